The Bertz CT molecular complexity index is 266. The van der Waals surface area contributed by atoms with Crippen molar-refractivity contribution < 1.29 is 4.74 Å². The summed E-state index contributed by atoms with van der Waals surface area (Å²) in [6.45, 7) is 7.98. The van der Waals surface area contributed by atoms with E-state index in [0.717, 1.165) is 19.6 Å². The van der Waals surface area contributed by atoms with Crippen LogP contribution in [0.25, 0.3) is 0 Å². The van der Waals surface area contributed by atoms with Gasteiger partial charge in [-0.15, -0.1) is 0 Å². The van der Waals surface area contributed by atoms with Crippen molar-refractivity contribution in [1.29, 1.82) is 0 Å². The van der Waals surface area contributed by atoms with Gasteiger partial charge in [0.2, 0.25) is 0 Å². The first-order valence-electron chi connectivity index (χ1n) is 4.88. The normalized spacial score (nSPS) is 10.4. The number of benzene rings is 1. The summed E-state index contributed by atoms with van der Waals surface area (Å²) in [6.07, 6.45) is 1.09. The van der Waals surface area contributed by atoms with Crippen molar-refractivity contribution in [3.63, 3.8) is 0 Å². The van der Waals surface area contributed by atoms with E-state index in [2.05, 4.69) is 39.0 Å². The lowest BCUT2D eigenvalue weighted by Crippen LogP contribution is -1.96. The van der Waals surface area contributed by atoms with Crippen molar-refractivity contribution >= 4 is 0 Å². The van der Waals surface area contributed by atoms with Crippen LogP contribution in [0.3, 0.4) is 0 Å². The van der Waals surface area contributed by atoms with Crippen LogP contribution in [0.15, 0.2) is 18.2 Å². The molecule has 0 N–H and O–H groups in total. The van der Waals surface area contributed by atoms with Gasteiger partial charge in [-0.2, -0.15) is 0 Å². The van der Waals surface area contributed by atoms with Gasteiger partial charge in [0.25, 0.3) is 0 Å². The molecular formula is C12H18O. The third-order valence-electron chi connectivity index (χ3n) is 2.11. The van der Waals surface area contributed by atoms with Crippen LogP contribution in [-0.4, -0.2) is 6.61 Å². The molecular weight excluding hydrogens is 160 g/mol. The Labute approximate surface area is 80.7 Å². The van der Waals surface area contributed by atoms with Gasteiger partial charge in [-0.05, 0) is 31.4 Å². The fraction of sp³-hybridized carbons (Fsp3) is 0.500. The van der Waals surface area contributed by atoms with Gasteiger partial charge in [-0.1, -0.05) is 30.7 Å². The van der Waals surface area contributed by atoms with Gasteiger partial charge in [-0.25, -0.2) is 0 Å². The number of hydrogen-bond acceptors (Lipinski definition) is 1. The SMILES string of the molecule is CCCOCc1cc(C)ccc1C. The summed E-state index contributed by atoms with van der Waals surface area (Å²) in [7, 11) is 0. The molecule has 1 rings (SSSR count). The molecule has 0 unspecified atom stereocenters. The molecule has 0 saturated carbocycles. The molecule has 0 radical (unpaired) electrons. The van der Waals surface area contributed by atoms with Crippen molar-refractivity contribution in [2.24, 2.45) is 0 Å². The van der Waals surface area contributed by atoms with Crippen LogP contribution < -0.4 is 0 Å². The molecule has 0 bridgehead atoms. The summed E-state index contributed by atoms with van der Waals surface area (Å²) in [6, 6.07) is 6.49. The van der Waals surface area contributed by atoms with E-state index in [9.17, 15) is 0 Å². The van der Waals surface area contributed by atoms with Crippen molar-refractivity contribution in [1.82, 2.24) is 0 Å². The van der Waals surface area contributed by atoms with Crippen molar-refractivity contribution in [2.45, 2.75) is 33.8 Å². The summed E-state index contributed by atoms with van der Waals surface area (Å²) in [5, 5.41) is 0. The summed E-state index contributed by atoms with van der Waals surface area (Å²) in [4.78, 5) is 0. The Morgan fingerprint density at radius 2 is 2.00 bits per heavy atom. The van der Waals surface area contributed by atoms with Gasteiger partial charge in [0.05, 0.1) is 6.61 Å². The van der Waals surface area contributed by atoms with E-state index >= 15 is 0 Å². The molecule has 0 aliphatic heterocycles. The van der Waals surface area contributed by atoms with Crippen LogP contribution in [-0.2, 0) is 11.3 Å². The van der Waals surface area contributed by atoms with E-state index in [0.29, 0.717) is 0 Å². The summed E-state index contributed by atoms with van der Waals surface area (Å²) in [5.74, 6) is 0. The lowest BCUT2D eigenvalue weighted by atomic mass is 10.1. The van der Waals surface area contributed by atoms with E-state index in [-0.39, 0.29) is 0 Å². The molecule has 1 nitrogen and oxygen atoms in total. The molecule has 0 aromatic heterocycles. The molecule has 1 aromatic carbocycles. The second-order valence-corrected chi connectivity index (χ2v) is 3.48. The highest BCUT2D eigenvalue weighted by molar-refractivity contribution is 5.29. The average Bonchev–Trinajstić information content (AvgIpc) is 2.11. The van der Waals surface area contributed by atoms with Crippen LogP contribution in [0.4, 0.5) is 0 Å². The zero-order valence-electron chi connectivity index (χ0n) is 8.76. The fourth-order valence-electron chi connectivity index (χ4n) is 1.28. The minimum Gasteiger partial charge on any atom is -0.377 e. The number of rotatable bonds is 4. The maximum absolute atomic E-state index is 5.50. The molecule has 1 heteroatoms. The van der Waals surface area contributed by atoms with E-state index in [1.54, 1.807) is 0 Å². The quantitative estimate of drug-likeness (QED) is 0.643. The van der Waals surface area contributed by atoms with Crippen molar-refractivity contribution in [2.75, 3.05) is 6.61 Å². The first kappa shape index (κ1) is 10.3. The number of aryl methyl sites for hydroxylation is 2. The third kappa shape index (κ3) is 3.19. The van der Waals surface area contributed by atoms with Gasteiger partial charge in [0, 0.05) is 6.61 Å². The van der Waals surface area contributed by atoms with Gasteiger partial charge in [0.15, 0.2) is 0 Å². The second-order valence-electron chi connectivity index (χ2n) is 3.48. The number of hydrogen-bond donors (Lipinski definition) is 0. The standard InChI is InChI=1S/C12H18O/c1-4-7-13-9-12-8-10(2)5-6-11(12)3/h5-6,8H,4,7,9H2,1-3H3. The maximum atomic E-state index is 5.50. The molecule has 0 spiro atoms. The highest BCUT2D eigenvalue weighted by Gasteiger charge is 1.97. The first-order chi connectivity index (χ1) is 6.24. The monoisotopic (exact) mass is 178 g/mol. The lowest BCUT2D eigenvalue weighted by Gasteiger charge is -2.07. The Balaban J connectivity index is 2.59. The minimum absolute atomic E-state index is 0.751. The van der Waals surface area contributed by atoms with Gasteiger partial charge in [0.1, 0.15) is 0 Å². The topological polar surface area (TPSA) is 9.23 Å². The van der Waals surface area contributed by atoms with Crippen molar-refractivity contribution in [3.05, 3.63) is 34.9 Å². The Kier molecular flexibility index (Phi) is 3.97. The molecule has 0 aliphatic carbocycles. The number of ether oxygens (including phenoxy) is 1. The summed E-state index contributed by atoms with van der Waals surface area (Å²) >= 11 is 0. The zero-order chi connectivity index (χ0) is 9.68. The minimum atomic E-state index is 0.751. The molecule has 0 fully saturated rings. The smallest absolute Gasteiger partial charge is 0.0719 e. The molecule has 0 atom stereocenters. The highest BCUT2D eigenvalue weighted by Crippen LogP contribution is 2.11. The summed E-state index contributed by atoms with van der Waals surface area (Å²) in [5.41, 5.74) is 3.94. The van der Waals surface area contributed by atoms with Crippen LogP contribution in [0.1, 0.15) is 30.0 Å². The predicted molar refractivity (Wildman–Crippen MR) is 55.9 cm³/mol. The largest absolute Gasteiger partial charge is 0.377 e. The van der Waals surface area contributed by atoms with Crippen LogP contribution in [0.5, 0.6) is 0 Å². The van der Waals surface area contributed by atoms with E-state index in [1.165, 1.54) is 16.7 Å². The second kappa shape index (κ2) is 5.03. The van der Waals surface area contributed by atoms with Gasteiger partial charge >= 0.3 is 0 Å². The Morgan fingerprint density at radius 3 is 2.69 bits per heavy atom. The highest BCUT2D eigenvalue weighted by atomic mass is 16.5. The molecule has 0 heterocycles. The van der Waals surface area contributed by atoms with Crippen LogP contribution >= 0.6 is 0 Å². The Morgan fingerprint density at radius 1 is 1.23 bits per heavy atom. The van der Waals surface area contributed by atoms with Crippen LogP contribution in [0, 0.1) is 13.8 Å². The molecule has 0 amide bonds. The summed E-state index contributed by atoms with van der Waals surface area (Å²) < 4.78 is 5.50. The van der Waals surface area contributed by atoms with Gasteiger partial charge < -0.3 is 4.74 Å². The molecule has 1 aromatic rings. The van der Waals surface area contributed by atoms with Crippen LogP contribution in [0.2, 0.25) is 0 Å². The van der Waals surface area contributed by atoms with Gasteiger partial charge in [-0.3, -0.25) is 0 Å². The molecule has 0 aliphatic rings. The lowest BCUT2D eigenvalue weighted by molar-refractivity contribution is 0.121. The van der Waals surface area contributed by atoms with Crippen molar-refractivity contribution in [3.8, 4) is 0 Å². The van der Waals surface area contributed by atoms with E-state index in [1.807, 2.05) is 0 Å². The van der Waals surface area contributed by atoms with E-state index in [4.69, 9.17) is 4.74 Å². The zero-order valence-corrected chi connectivity index (χ0v) is 8.76. The first-order valence-corrected chi connectivity index (χ1v) is 4.88. The molecule has 72 valence electrons. The average molecular weight is 178 g/mol. The van der Waals surface area contributed by atoms with E-state index < -0.39 is 0 Å². The predicted octanol–water partition coefficient (Wildman–Crippen LogP) is 3.23. The maximum Gasteiger partial charge on any atom is 0.0719 e. The third-order valence-corrected chi connectivity index (χ3v) is 2.11. The molecule has 13 heavy (non-hydrogen) atoms. The fourth-order valence-corrected chi connectivity index (χ4v) is 1.28. The molecule has 0 saturated heterocycles. The Hall–Kier alpha value is -0.820.